The van der Waals surface area contributed by atoms with E-state index in [1.807, 2.05) is 0 Å². The summed E-state index contributed by atoms with van der Waals surface area (Å²) in [7, 11) is 0. The Balaban J connectivity index is 1.40. The van der Waals surface area contributed by atoms with Crippen LogP contribution in [-0.2, 0) is 6.42 Å². The lowest BCUT2D eigenvalue weighted by molar-refractivity contribution is 0.0498. The summed E-state index contributed by atoms with van der Waals surface area (Å²) < 4.78 is 27.9. The van der Waals surface area contributed by atoms with Gasteiger partial charge in [-0.15, -0.1) is 0 Å². The van der Waals surface area contributed by atoms with E-state index in [9.17, 15) is 18.4 Å². The van der Waals surface area contributed by atoms with Crippen LogP contribution < -0.4 is 5.56 Å². The molecule has 130 valence electrons. The third-order valence-electron chi connectivity index (χ3n) is 4.90. The highest BCUT2D eigenvalue weighted by Crippen LogP contribution is 2.33. The summed E-state index contributed by atoms with van der Waals surface area (Å²) in [6.45, 7) is 1.05. The van der Waals surface area contributed by atoms with Crippen LogP contribution in [0.15, 0.2) is 41.3 Å². The lowest BCUT2D eigenvalue weighted by Gasteiger charge is -2.39. The van der Waals surface area contributed by atoms with Gasteiger partial charge in [-0.3, -0.25) is 9.59 Å². The minimum Gasteiger partial charge on any atom is -0.338 e. The van der Waals surface area contributed by atoms with E-state index in [1.165, 1.54) is 6.07 Å². The molecule has 2 heterocycles. The van der Waals surface area contributed by atoms with E-state index >= 15 is 0 Å². The highest BCUT2D eigenvalue weighted by Gasteiger charge is 2.33. The molecule has 0 atom stereocenters. The first-order chi connectivity index (χ1) is 12.0. The molecule has 2 aliphatic rings. The minimum absolute atomic E-state index is 0.197. The number of pyridine rings is 1. The van der Waals surface area contributed by atoms with Gasteiger partial charge in [0.15, 0.2) is 11.6 Å². The molecule has 1 aliphatic heterocycles. The molecule has 25 heavy (non-hydrogen) atoms. The molecule has 1 amide bonds. The van der Waals surface area contributed by atoms with Gasteiger partial charge in [0.25, 0.3) is 11.5 Å². The van der Waals surface area contributed by atoms with Crippen LogP contribution >= 0.6 is 0 Å². The smallest absolute Gasteiger partial charge is 0.263 e. The van der Waals surface area contributed by atoms with Gasteiger partial charge < -0.3 is 9.47 Å². The summed E-state index contributed by atoms with van der Waals surface area (Å²) in [5.74, 6) is -1.76. The lowest BCUT2D eigenvalue weighted by atomic mass is 9.91. The van der Waals surface area contributed by atoms with E-state index in [2.05, 4.69) is 0 Å². The molecular formula is C19H18F2N2O2. The minimum atomic E-state index is -0.856. The predicted molar refractivity (Wildman–Crippen MR) is 88.4 cm³/mol. The molecule has 4 nitrogen and oxygen atoms in total. The number of hydrogen-bond acceptors (Lipinski definition) is 2. The molecule has 1 aromatic carbocycles. The topological polar surface area (TPSA) is 42.3 Å². The van der Waals surface area contributed by atoms with Gasteiger partial charge in [-0.2, -0.15) is 0 Å². The normalized spacial score (nSPS) is 17.4. The molecule has 1 aromatic heterocycles. The zero-order chi connectivity index (χ0) is 17.6. The number of carbonyl (C=O) groups is 1. The van der Waals surface area contributed by atoms with Gasteiger partial charge in [0, 0.05) is 25.3 Å². The van der Waals surface area contributed by atoms with Crippen LogP contribution in [0.5, 0.6) is 0 Å². The van der Waals surface area contributed by atoms with E-state index in [1.54, 1.807) is 33.9 Å². The SMILES string of the molecule is O=C(c1cccn(C2CC2)c1=O)N1CC(Cc2ccc(F)c(F)c2)C1. The lowest BCUT2D eigenvalue weighted by Crippen LogP contribution is -2.52. The van der Waals surface area contributed by atoms with Crippen molar-refractivity contribution < 1.29 is 13.6 Å². The summed E-state index contributed by atoms with van der Waals surface area (Å²) in [4.78, 5) is 26.6. The Bertz CT molecular complexity index is 883. The van der Waals surface area contributed by atoms with Crippen molar-refractivity contribution >= 4 is 5.91 Å². The highest BCUT2D eigenvalue weighted by molar-refractivity contribution is 5.94. The van der Waals surface area contributed by atoms with Crippen LogP contribution in [0.2, 0.25) is 0 Å². The first kappa shape index (κ1) is 16.0. The van der Waals surface area contributed by atoms with Gasteiger partial charge in [-0.1, -0.05) is 6.07 Å². The van der Waals surface area contributed by atoms with E-state index in [0.29, 0.717) is 25.1 Å². The Labute approximate surface area is 143 Å². The fraction of sp³-hybridized carbons (Fsp3) is 0.368. The van der Waals surface area contributed by atoms with Crippen LogP contribution in [-0.4, -0.2) is 28.5 Å². The summed E-state index contributed by atoms with van der Waals surface area (Å²) in [5.41, 5.74) is 0.700. The Hall–Kier alpha value is -2.50. The van der Waals surface area contributed by atoms with Crippen LogP contribution in [0.3, 0.4) is 0 Å². The molecular weight excluding hydrogens is 326 g/mol. The maximum atomic E-state index is 13.3. The summed E-state index contributed by atoms with van der Waals surface area (Å²) in [6, 6.07) is 7.44. The third kappa shape index (κ3) is 3.08. The van der Waals surface area contributed by atoms with Gasteiger partial charge in [-0.05, 0) is 55.0 Å². The number of halogens is 2. The van der Waals surface area contributed by atoms with Gasteiger partial charge in [0.1, 0.15) is 5.56 Å². The molecule has 6 heteroatoms. The fourth-order valence-electron chi connectivity index (χ4n) is 3.35. The zero-order valence-electron chi connectivity index (χ0n) is 13.6. The number of nitrogens with zero attached hydrogens (tertiary/aromatic N) is 2. The maximum Gasteiger partial charge on any atom is 0.263 e. The Morgan fingerprint density at radius 2 is 1.88 bits per heavy atom. The quantitative estimate of drug-likeness (QED) is 0.856. The van der Waals surface area contributed by atoms with Gasteiger partial charge >= 0.3 is 0 Å². The summed E-state index contributed by atoms with van der Waals surface area (Å²) >= 11 is 0. The number of aromatic nitrogens is 1. The fourth-order valence-corrected chi connectivity index (χ4v) is 3.35. The average molecular weight is 344 g/mol. The van der Waals surface area contributed by atoms with Gasteiger partial charge in [-0.25, -0.2) is 8.78 Å². The first-order valence-corrected chi connectivity index (χ1v) is 8.47. The number of rotatable bonds is 4. The molecule has 1 saturated carbocycles. The van der Waals surface area contributed by atoms with Crippen LogP contribution in [0.25, 0.3) is 0 Å². The number of likely N-dealkylation sites (tertiary alicyclic amines) is 1. The van der Waals surface area contributed by atoms with E-state index < -0.39 is 11.6 Å². The number of carbonyl (C=O) groups excluding carboxylic acids is 1. The van der Waals surface area contributed by atoms with Crippen molar-refractivity contribution in [3.63, 3.8) is 0 Å². The number of benzene rings is 1. The maximum absolute atomic E-state index is 13.3. The second-order valence-electron chi connectivity index (χ2n) is 6.89. The van der Waals surface area contributed by atoms with E-state index in [0.717, 1.165) is 18.9 Å². The molecule has 2 aromatic rings. The van der Waals surface area contributed by atoms with E-state index in [-0.39, 0.29) is 29.0 Å². The van der Waals surface area contributed by atoms with Crippen molar-refractivity contribution in [2.24, 2.45) is 5.92 Å². The Morgan fingerprint density at radius 1 is 1.12 bits per heavy atom. The first-order valence-electron chi connectivity index (χ1n) is 8.47. The predicted octanol–water partition coefficient (Wildman–Crippen LogP) is 2.78. The molecule has 0 bridgehead atoms. The summed E-state index contributed by atoms with van der Waals surface area (Å²) in [5, 5.41) is 0. The van der Waals surface area contributed by atoms with Crippen molar-refractivity contribution in [1.82, 2.24) is 9.47 Å². The molecule has 0 N–H and O–H groups in total. The Kier molecular flexibility index (Phi) is 3.90. The van der Waals surface area contributed by atoms with Gasteiger partial charge in [0.05, 0.1) is 0 Å². The molecule has 4 rings (SSSR count). The second kappa shape index (κ2) is 6.10. The molecule has 0 unspecified atom stereocenters. The number of amides is 1. The molecule has 0 spiro atoms. The van der Waals surface area contributed by atoms with Crippen molar-refractivity contribution in [2.75, 3.05) is 13.1 Å². The highest BCUT2D eigenvalue weighted by atomic mass is 19.2. The van der Waals surface area contributed by atoms with Crippen molar-refractivity contribution in [3.05, 3.63) is 69.6 Å². The molecule has 0 radical (unpaired) electrons. The van der Waals surface area contributed by atoms with Crippen molar-refractivity contribution in [2.45, 2.75) is 25.3 Å². The Morgan fingerprint density at radius 3 is 2.56 bits per heavy atom. The molecule has 1 saturated heterocycles. The third-order valence-corrected chi connectivity index (χ3v) is 4.90. The van der Waals surface area contributed by atoms with Crippen molar-refractivity contribution in [1.29, 1.82) is 0 Å². The largest absolute Gasteiger partial charge is 0.338 e. The average Bonchev–Trinajstić information content (AvgIpc) is 3.38. The summed E-state index contributed by atoms with van der Waals surface area (Å²) in [6.07, 6.45) is 4.29. The van der Waals surface area contributed by atoms with Crippen molar-refractivity contribution in [3.8, 4) is 0 Å². The van der Waals surface area contributed by atoms with Crippen LogP contribution in [0, 0.1) is 17.6 Å². The van der Waals surface area contributed by atoms with Crippen LogP contribution in [0.4, 0.5) is 8.78 Å². The standard InChI is InChI=1S/C19H18F2N2O2/c20-16-6-3-12(9-17(16)21)8-13-10-22(11-13)18(24)15-2-1-7-23(19(15)25)14-4-5-14/h1-3,6-7,9,13-14H,4-5,8,10-11H2. The molecule has 1 aliphatic carbocycles. The second-order valence-corrected chi connectivity index (χ2v) is 6.89. The molecule has 2 fully saturated rings. The van der Waals surface area contributed by atoms with E-state index in [4.69, 9.17) is 0 Å². The van der Waals surface area contributed by atoms with Crippen LogP contribution in [0.1, 0.15) is 34.8 Å². The number of hydrogen-bond donors (Lipinski definition) is 0. The zero-order valence-corrected chi connectivity index (χ0v) is 13.6. The monoisotopic (exact) mass is 344 g/mol. The van der Waals surface area contributed by atoms with Gasteiger partial charge in [0.2, 0.25) is 0 Å².